The second-order valence-electron chi connectivity index (χ2n) is 4.02. The standard InChI is InChI=1S/C13H20FNO2/c1-2-15(8-9-16)7-6-13(17)11-4-3-5-12(14)10-11/h3-5,10,13,16-17H,2,6-9H2,1H3. The molecule has 0 aliphatic heterocycles. The second kappa shape index (κ2) is 7.37. The predicted octanol–water partition coefficient (Wildman–Crippen LogP) is 1.56. The predicted molar refractivity (Wildman–Crippen MR) is 65.2 cm³/mol. The van der Waals surface area contributed by atoms with Gasteiger partial charge >= 0.3 is 0 Å². The highest BCUT2D eigenvalue weighted by atomic mass is 19.1. The minimum atomic E-state index is -0.654. The van der Waals surface area contributed by atoms with Crippen LogP contribution in [-0.4, -0.2) is 41.4 Å². The Morgan fingerprint density at radius 1 is 1.35 bits per heavy atom. The first-order valence-electron chi connectivity index (χ1n) is 5.94. The van der Waals surface area contributed by atoms with E-state index in [9.17, 15) is 9.50 Å². The maximum absolute atomic E-state index is 13.0. The molecular formula is C13H20FNO2. The lowest BCUT2D eigenvalue weighted by molar-refractivity contribution is 0.133. The number of halogens is 1. The molecule has 4 heteroatoms. The fourth-order valence-corrected chi connectivity index (χ4v) is 1.75. The lowest BCUT2D eigenvalue weighted by atomic mass is 10.1. The Hall–Kier alpha value is -0.970. The molecule has 17 heavy (non-hydrogen) atoms. The Balaban J connectivity index is 2.46. The molecule has 0 fully saturated rings. The SMILES string of the molecule is CCN(CCO)CCC(O)c1cccc(F)c1. The van der Waals surface area contributed by atoms with Crippen LogP contribution >= 0.6 is 0 Å². The third-order valence-electron chi connectivity index (χ3n) is 2.82. The maximum atomic E-state index is 13.0. The third-order valence-corrected chi connectivity index (χ3v) is 2.82. The van der Waals surface area contributed by atoms with E-state index in [0.29, 0.717) is 25.1 Å². The number of likely N-dealkylation sites (N-methyl/N-ethyl adjacent to an activating group) is 1. The largest absolute Gasteiger partial charge is 0.395 e. The van der Waals surface area contributed by atoms with Crippen molar-refractivity contribution >= 4 is 0 Å². The van der Waals surface area contributed by atoms with Crippen LogP contribution in [0.1, 0.15) is 25.0 Å². The molecule has 1 atom stereocenters. The fraction of sp³-hybridized carbons (Fsp3) is 0.538. The van der Waals surface area contributed by atoms with Gasteiger partial charge in [-0.2, -0.15) is 0 Å². The first-order valence-corrected chi connectivity index (χ1v) is 5.94. The molecule has 0 heterocycles. The minimum Gasteiger partial charge on any atom is -0.395 e. The van der Waals surface area contributed by atoms with Crippen LogP contribution in [0.25, 0.3) is 0 Å². The molecule has 0 aliphatic carbocycles. The third kappa shape index (κ3) is 4.81. The summed E-state index contributed by atoms with van der Waals surface area (Å²) < 4.78 is 13.0. The van der Waals surface area contributed by atoms with Crippen LogP contribution in [0.5, 0.6) is 0 Å². The first-order chi connectivity index (χ1) is 8.17. The van der Waals surface area contributed by atoms with E-state index >= 15 is 0 Å². The molecule has 0 spiro atoms. The zero-order valence-electron chi connectivity index (χ0n) is 10.1. The highest BCUT2D eigenvalue weighted by Crippen LogP contribution is 2.17. The van der Waals surface area contributed by atoms with Crippen molar-refractivity contribution in [3.63, 3.8) is 0 Å². The van der Waals surface area contributed by atoms with Gasteiger partial charge in [0, 0.05) is 13.1 Å². The van der Waals surface area contributed by atoms with Gasteiger partial charge in [-0.05, 0) is 30.7 Å². The van der Waals surface area contributed by atoms with Gasteiger partial charge in [0.25, 0.3) is 0 Å². The van der Waals surface area contributed by atoms with Gasteiger partial charge in [-0.1, -0.05) is 19.1 Å². The number of nitrogens with zero attached hydrogens (tertiary/aromatic N) is 1. The van der Waals surface area contributed by atoms with E-state index in [2.05, 4.69) is 0 Å². The van der Waals surface area contributed by atoms with Gasteiger partial charge in [0.05, 0.1) is 12.7 Å². The maximum Gasteiger partial charge on any atom is 0.123 e. The first kappa shape index (κ1) is 14.1. The van der Waals surface area contributed by atoms with Crippen molar-refractivity contribution in [2.75, 3.05) is 26.2 Å². The van der Waals surface area contributed by atoms with Crippen molar-refractivity contribution in [2.45, 2.75) is 19.4 Å². The lowest BCUT2D eigenvalue weighted by Gasteiger charge is -2.21. The van der Waals surface area contributed by atoms with Gasteiger partial charge in [-0.25, -0.2) is 4.39 Å². The Kier molecular flexibility index (Phi) is 6.11. The summed E-state index contributed by atoms with van der Waals surface area (Å²) in [4.78, 5) is 2.04. The molecule has 1 unspecified atom stereocenters. The molecule has 0 bridgehead atoms. The molecule has 1 rings (SSSR count). The summed E-state index contributed by atoms with van der Waals surface area (Å²) in [5.41, 5.74) is 0.602. The van der Waals surface area contributed by atoms with Crippen molar-refractivity contribution in [3.05, 3.63) is 35.6 Å². The molecule has 0 aliphatic rings. The second-order valence-corrected chi connectivity index (χ2v) is 4.02. The van der Waals surface area contributed by atoms with Crippen molar-refractivity contribution in [3.8, 4) is 0 Å². The Labute approximate surface area is 101 Å². The van der Waals surface area contributed by atoms with Gasteiger partial charge in [0.15, 0.2) is 0 Å². The van der Waals surface area contributed by atoms with Crippen LogP contribution in [-0.2, 0) is 0 Å². The molecule has 0 saturated carbocycles. The zero-order chi connectivity index (χ0) is 12.7. The van der Waals surface area contributed by atoms with Crippen LogP contribution in [0.4, 0.5) is 4.39 Å². The van der Waals surface area contributed by atoms with Crippen LogP contribution in [0.15, 0.2) is 24.3 Å². The molecule has 96 valence electrons. The molecule has 1 aromatic carbocycles. The Bertz CT molecular complexity index is 333. The normalized spacial score (nSPS) is 13.0. The van der Waals surface area contributed by atoms with Crippen molar-refractivity contribution in [1.82, 2.24) is 4.90 Å². The summed E-state index contributed by atoms with van der Waals surface area (Å²) in [7, 11) is 0. The quantitative estimate of drug-likeness (QED) is 0.761. The summed E-state index contributed by atoms with van der Waals surface area (Å²) in [6, 6.07) is 6.03. The van der Waals surface area contributed by atoms with E-state index in [1.54, 1.807) is 12.1 Å². The summed E-state index contributed by atoms with van der Waals surface area (Å²) >= 11 is 0. The van der Waals surface area contributed by atoms with Gasteiger partial charge in [-0.15, -0.1) is 0 Å². The topological polar surface area (TPSA) is 43.7 Å². The van der Waals surface area contributed by atoms with E-state index in [0.717, 1.165) is 6.54 Å². The number of hydrogen-bond donors (Lipinski definition) is 2. The van der Waals surface area contributed by atoms with Gasteiger partial charge in [0.2, 0.25) is 0 Å². The van der Waals surface area contributed by atoms with E-state index in [1.807, 2.05) is 11.8 Å². The monoisotopic (exact) mass is 241 g/mol. The van der Waals surface area contributed by atoms with Gasteiger partial charge in [-0.3, -0.25) is 0 Å². The number of hydrogen-bond acceptors (Lipinski definition) is 3. The van der Waals surface area contributed by atoms with E-state index < -0.39 is 6.10 Å². The Morgan fingerprint density at radius 2 is 2.12 bits per heavy atom. The number of aliphatic hydroxyl groups is 2. The molecule has 0 amide bonds. The average Bonchev–Trinajstić information content (AvgIpc) is 2.34. The van der Waals surface area contributed by atoms with Crippen LogP contribution < -0.4 is 0 Å². The Morgan fingerprint density at radius 3 is 2.71 bits per heavy atom. The fourth-order valence-electron chi connectivity index (χ4n) is 1.75. The molecule has 1 aromatic rings. The van der Waals surface area contributed by atoms with Crippen molar-refractivity contribution in [2.24, 2.45) is 0 Å². The van der Waals surface area contributed by atoms with Crippen LogP contribution in [0.3, 0.4) is 0 Å². The molecule has 3 nitrogen and oxygen atoms in total. The molecular weight excluding hydrogens is 221 g/mol. The van der Waals surface area contributed by atoms with Crippen molar-refractivity contribution < 1.29 is 14.6 Å². The molecule has 0 saturated heterocycles. The molecule has 0 radical (unpaired) electrons. The average molecular weight is 241 g/mol. The van der Waals surface area contributed by atoms with Crippen LogP contribution in [0, 0.1) is 5.82 Å². The van der Waals surface area contributed by atoms with Gasteiger partial charge < -0.3 is 15.1 Å². The highest BCUT2D eigenvalue weighted by molar-refractivity contribution is 5.18. The summed E-state index contributed by atoms with van der Waals surface area (Å²) in [5.74, 6) is -0.329. The summed E-state index contributed by atoms with van der Waals surface area (Å²) in [5, 5.41) is 18.7. The van der Waals surface area contributed by atoms with Crippen molar-refractivity contribution in [1.29, 1.82) is 0 Å². The van der Waals surface area contributed by atoms with E-state index in [4.69, 9.17) is 5.11 Å². The van der Waals surface area contributed by atoms with E-state index in [1.165, 1.54) is 12.1 Å². The summed E-state index contributed by atoms with van der Waals surface area (Å²) in [6.07, 6.45) is -0.115. The highest BCUT2D eigenvalue weighted by Gasteiger charge is 2.10. The number of benzene rings is 1. The van der Waals surface area contributed by atoms with Gasteiger partial charge in [0.1, 0.15) is 5.82 Å². The number of aliphatic hydroxyl groups excluding tert-OH is 2. The molecule has 2 N–H and O–H groups in total. The lowest BCUT2D eigenvalue weighted by Crippen LogP contribution is -2.28. The molecule has 0 aromatic heterocycles. The smallest absolute Gasteiger partial charge is 0.123 e. The van der Waals surface area contributed by atoms with E-state index in [-0.39, 0.29) is 12.4 Å². The van der Waals surface area contributed by atoms with Crippen LogP contribution in [0.2, 0.25) is 0 Å². The summed E-state index contributed by atoms with van der Waals surface area (Å²) in [6.45, 7) is 4.24. The minimum absolute atomic E-state index is 0.115. The number of rotatable bonds is 7. The zero-order valence-corrected chi connectivity index (χ0v) is 10.1.